The van der Waals surface area contributed by atoms with Crippen LogP contribution in [0.25, 0.3) is 6.08 Å². The monoisotopic (exact) mass is 573 g/mol. The van der Waals surface area contributed by atoms with Gasteiger partial charge in [0, 0.05) is 17.1 Å². The molecule has 188 valence electrons. The Kier molecular flexibility index (Phi) is 9.30. The Morgan fingerprint density at radius 3 is 2.47 bits per heavy atom. The van der Waals surface area contributed by atoms with E-state index in [-0.39, 0.29) is 22.8 Å². The van der Waals surface area contributed by atoms with Gasteiger partial charge < -0.3 is 19.2 Å². The molecule has 0 saturated heterocycles. The number of sulfonamides is 1. The highest BCUT2D eigenvalue weighted by molar-refractivity contribution is 9.10. The number of amides is 1. The minimum Gasteiger partial charge on any atom is -0.493 e. The molecule has 0 aliphatic heterocycles. The van der Waals surface area contributed by atoms with E-state index < -0.39 is 15.9 Å². The molecule has 0 fully saturated rings. The zero-order valence-electron chi connectivity index (χ0n) is 19.6. The van der Waals surface area contributed by atoms with E-state index in [0.29, 0.717) is 30.2 Å². The number of nitrogens with zero attached hydrogens (tertiary/aromatic N) is 1. The highest BCUT2D eigenvalue weighted by Crippen LogP contribution is 2.27. The van der Waals surface area contributed by atoms with Crippen molar-refractivity contribution in [2.45, 2.75) is 17.9 Å². The molecule has 0 unspecified atom stereocenters. The third-order valence-electron chi connectivity index (χ3n) is 5.04. The Balaban J connectivity index is 1.57. The molecule has 36 heavy (non-hydrogen) atoms. The van der Waals surface area contributed by atoms with Gasteiger partial charge >= 0.3 is 0 Å². The summed E-state index contributed by atoms with van der Waals surface area (Å²) in [5.74, 6) is 1.23. The van der Waals surface area contributed by atoms with E-state index >= 15 is 0 Å². The summed E-state index contributed by atoms with van der Waals surface area (Å²) < 4.78 is 44.1. The van der Waals surface area contributed by atoms with E-state index in [1.165, 1.54) is 18.2 Å². The summed E-state index contributed by atoms with van der Waals surface area (Å²) in [6.07, 6.45) is 1.83. The van der Waals surface area contributed by atoms with Gasteiger partial charge in [-0.25, -0.2) is 13.1 Å². The van der Waals surface area contributed by atoms with Crippen LogP contribution in [0.1, 0.15) is 17.1 Å². The standard InChI is InChI=1S/C25H24BrN3O6S/c1-33-23-10-3-17(13-24(23)34-2)11-12-28-25(30)18(15-27)14-20-6-7-21(35-20)16-29-36(31,32)22-8-4-19(26)5-9-22/h3-10,13-14,29H,11-12,16H2,1-2H3,(H,28,30)/b18-14-. The van der Waals surface area contributed by atoms with Gasteiger partial charge in [-0.3, -0.25) is 4.79 Å². The van der Waals surface area contributed by atoms with E-state index in [0.717, 1.165) is 10.0 Å². The molecular weight excluding hydrogens is 550 g/mol. The number of hydrogen-bond acceptors (Lipinski definition) is 7. The first-order valence-corrected chi connectivity index (χ1v) is 13.0. The Hall–Kier alpha value is -3.59. The zero-order valence-corrected chi connectivity index (χ0v) is 22.0. The van der Waals surface area contributed by atoms with Gasteiger partial charge in [0.25, 0.3) is 5.91 Å². The second-order valence-corrected chi connectivity index (χ2v) is 10.1. The van der Waals surface area contributed by atoms with Crippen molar-refractivity contribution in [1.29, 1.82) is 5.26 Å². The highest BCUT2D eigenvalue weighted by Gasteiger charge is 2.15. The van der Waals surface area contributed by atoms with Crippen LogP contribution in [0, 0.1) is 11.3 Å². The topological polar surface area (TPSA) is 131 Å². The number of rotatable bonds is 11. The number of hydrogen-bond donors (Lipinski definition) is 2. The minimum absolute atomic E-state index is 0.0916. The lowest BCUT2D eigenvalue weighted by Gasteiger charge is -2.10. The first-order chi connectivity index (χ1) is 17.2. The summed E-state index contributed by atoms with van der Waals surface area (Å²) in [7, 11) is -0.626. The lowest BCUT2D eigenvalue weighted by molar-refractivity contribution is -0.117. The second kappa shape index (κ2) is 12.4. The third kappa shape index (κ3) is 7.21. The van der Waals surface area contributed by atoms with E-state index in [2.05, 4.69) is 26.0 Å². The van der Waals surface area contributed by atoms with Gasteiger partial charge in [-0.2, -0.15) is 5.26 Å². The van der Waals surface area contributed by atoms with Gasteiger partial charge in [-0.15, -0.1) is 0 Å². The number of nitrogens with one attached hydrogen (secondary N) is 2. The van der Waals surface area contributed by atoms with Crippen LogP contribution in [0.4, 0.5) is 0 Å². The van der Waals surface area contributed by atoms with Crippen LogP contribution >= 0.6 is 15.9 Å². The molecule has 11 heteroatoms. The highest BCUT2D eigenvalue weighted by atomic mass is 79.9. The van der Waals surface area contributed by atoms with Crippen molar-refractivity contribution >= 4 is 37.9 Å². The van der Waals surface area contributed by atoms with Crippen LogP contribution in [0.5, 0.6) is 11.5 Å². The van der Waals surface area contributed by atoms with Gasteiger partial charge in [0.05, 0.1) is 25.7 Å². The number of ether oxygens (including phenoxy) is 2. The van der Waals surface area contributed by atoms with Crippen LogP contribution in [0.3, 0.4) is 0 Å². The van der Waals surface area contributed by atoms with Gasteiger partial charge in [0.15, 0.2) is 11.5 Å². The third-order valence-corrected chi connectivity index (χ3v) is 6.99. The van der Waals surface area contributed by atoms with E-state index in [1.54, 1.807) is 44.6 Å². The maximum absolute atomic E-state index is 12.5. The molecule has 3 rings (SSSR count). The Morgan fingerprint density at radius 2 is 1.81 bits per heavy atom. The average molecular weight is 574 g/mol. The van der Waals surface area contributed by atoms with E-state index in [4.69, 9.17) is 13.9 Å². The summed E-state index contributed by atoms with van der Waals surface area (Å²) in [6.45, 7) is 0.209. The van der Waals surface area contributed by atoms with Gasteiger partial charge in [-0.1, -0.05) is 22.0 Å². The summed E-state index contributed by atoms with van der Waals surface area (Å²) in [6, 6.07) is 16.7. The molecule has 0 atom stereocenters. The summed E-state index contributed by atoms with van der Waals surface area (Å²) in [5, 5.41) is 12.1. The zero-order chi connectivity index (χ0) is 26.1. The van der Waals surface area contributed by atoms with Gasteiger partial charge in [-0.05, 0) is 60.5 Å². The maximum Gasteiger partial charge on any atom is 0.262 e. The molecule has 9 nitrogen and oxygen atoms in total. The Bertz CT molecular complexity index is 1390. The van der Waals surface area contributed by atoms with Crippen molar-refractivity contribution < 1.29 is 27.1 Å². The molecule has 2 aromatic carbocycles. The van der Waals surface area contributed by atoms with Crippen molar-refractivity contribution in [2.24, 2.45) is 0 Å². The largest absolute Gasteiger partial charge is 0.493 e. The van der Waals surface area contributed by atoms with Crippen LogP contribution in [0.2, 0.25) is 0 Å². The van der Waals surface area contributed by atoms with Crippen molar-refractivity contribution in [3.63, 3.8) is 0 Å². The fourth-order valence-corrected chi connectivity index (χ4v) is 4.43. The molecule has 2 N–H and O–H groups in total. The first-order valence-electron chi connectivity index (χ1n) is 10.7. The first kappa shape index (κ1) is 27.0. The molecule has 0 aliphatic carbocycles. The fraction of sp³-hybridized carbons (Fsp3) is 0.200. The quantitative estimate of drug-likeness (QED) is 0.263. The van der Waals surface area contributed by atoms with Crippen molar-refractivity contribution in [3.8, 4) is 17.6 Å². The smallest absolute Gasteiger partial charge is 0.262 e. The Morgan fingerprint density at radius 1 is 1.08 bits per heavy atom. The number of furan rings is 1. The molecule has 0 spiro atoms. The number of carbonyl (C=O) groups is 1. The molecule has 0 saturated carbocycles. The number of nitriles is 1. The molecule has 0 bridgehead atoms. The number of halogens is 1. The predicted octanol–water partition coefficient (Wildman–Crippen LogP) is 3.80. The predicted molar refractivity (Wildman–Crippen MR) is 137 cm³/mol. The van der Waals surface area contributed by atoms with Crippen LogP contribution < -0.4 is 19.5 Å². The summed E-state index contributed by atoms with van der Waals surface area (Å²) in [4.78, 5) is 12.6. The van der Waals surface area contributed by atoms with E-state index in [9.17, 15) is 18.5 Å². The molecular formula is C25H24BrN3O6S. The SMILES string of the molecule is COc1ccc(CCNC(=O)/C(C#N)=C\c2ccc(CNS(=O)(=O)c3ccc(Br)cc3)o2)cc1OC. The number of benzene rings is 2. The molecule has 0 aliphatic rings. The molecule has 1 aromatic heterocycles. The normalized spacial score (nSPS) is 11.6. The molecule has 0 radical (unpaired) electrons. The Labute approximate surface area is 217 Å². The van der Waals surface area contributed by atoms with E-state index in [1.807, 2.05) is 18.2 Å². The molecule has 1 heterocycles. The minimum atomic E-state index is -3.73. The average Bonchev–Trinajstić information content (AvgIpc) is 3.33. The van der Waals surface area contributed by atoms with Crippen molar-refractivity contribution in [1.82, 2.24) is 10.0 Å². The second-order valence-electron chi connectivity index (χ2n) is 7.45. The maximum atomic E-state index is 12.5. The lowest BCUT2D eigenvalue weighted by Crippen LogP contribution is -2.26. The van der Waals surface area contributed by atoms with Gasteiger partial charge in [0.2, 0.25) is 10.0 Å². The van der Waals surface area contributed by atoms with Crippen molar-refractivity contribution in [2.75, 3.05) is 20.8 Å². The lowest BCUT2D eigenvalue weighted by atomic mass is 10.1. The number of carbonyl (C=O) groups excluding carboxylic acids is 1. The van der Waals surface area contributed by atoms with Gasteiger partial charge in [0.1, 0.15) is 23.2 Å². The van der Waals surface area contributed by atoms with Crippen LogP contribution in [0.15, 0.2) is 74.0 Å². The van der Waals surface area contributed by atoms with Crippen LogP contribution in [-0.4, -0.2) is 35.1 Å². The molecule has 1 amide bonds. The fourth-order valence-electron chi connectivity index (χ4n) is 3.17. The summed E-state index contributed by atoms with van der Waals surface area (Å²) in [5.41, 5.74) is 0.787. The summed E-state index contributed by atoms with van der Waals surface area (Å²) >= 11 is 3.26. The number of methoxy groups -OCH3 is 2. The van der Waals surface area contributed by atoms with Crippen LogP contribution in [-0.2, 0) is 27.8 Å². The van der Waals surface area contributed by atoms with Crippen molar-refractivity contribution in [3.05, 3.63) is 81.7 Å². The molecule has 3 aromatic rings.